The van der Waals surface area contributed by atoms with Gasteiger partial charge in [0.1, 0.15) is 17.6 Å². The summed E-state index contributed by atoms with van der Waals surface area (Å²) in [7, 11) is 0. The molecule has 1 saturated carbocycles. The number of nitrogens with zero attached hydrogens (tertiary/aromatic N) is 3. The zero-order valence-corrected chi connectivity index (χ0v) is 15.7. The van der Waals surface area contributed by atoms with Crippen molar-refractivity contribution in [3.05, 3.63) is 66.6 Å². The highest BCUT2D eigenvalue weighted by molar-refractivity contribution is 5.93. The summed E-state index contributed by atoms with van der Waals surface area (Å²) < 4.78 is 24.2. The summed E-state index contributed by atoms with van der Waals surface area (Å²) in [6.07, 6.45) is 7.16. The lowest BCUT2D eigenvalue weighted by Gasteiger charge is -2.34. The maximum Gasteiger partial charge on any atom is 0.237 e. The summed E-state index contributed by atoms with van der Waals surface area (Å²) in [5.74, 6) is 0.835. The molecule has 1 N–H and O–H groups in total. The Kier molecular flexibility index (Phi) is 5.33. The molecule has 0 aliphatic heterocycles. The molecule has 0 radical (unpaired) electrons. The summed E-state index contributed by atoms with van der Waals surface area (Å²) in [4.78, 5) is 24.0. The third kappa shape index (κ3) is 4.66. The van der Waals surface area contributed by atoms with E-state index in [1.807, 2.05) is 13.0 Å². The Hall–Kier alpha value is -3.55. The van der Waals surface area contributed by atoms with E-state index in [1.54, 1.807) is 24.5 Å². The van der Waals surface area contributed by atoms with Crippen molar-refractivity contribution in [2.24, 2.45) is 5.92 Å². The van der Waals surface area contributed by atoms with Gasteiger partial charge in [-0.25, -0.2) is 9.97 Å². The molecule has 1 aliphatic rings. The van der Waals surface area contributed by atoms with Gasteiger partial charge in [-0.2, -0.15) is 4.39 Å². The van der Waals surface area contributed by atoms with Gasteiger partial charge in [-0.05, 0) is 55.7 Å². The number of hydrogen-bond donors (Lipinski definition) is 1. The number of benzene rings is 1. The molecule has 1 aromatic carbocycles. The van der Waals surface area contributed by atoms with Crippen molar-refractivity contribution < 1.29 is 18.7 Å². The highest BCUT2D eigenvalue weighted by Crippen LogP contribution is 2.33. The summed E-state index contributed by atoms with van der Waals surface area (Å²) >= 11 is 0. The van der Waals surface area contributed by atoms with Crippen LogP contribution in [-0.4, -0.2) is 27.0 Å². The SMILES string of the molecule is Cc1cc(NC(=O)C2CC(Oc3ccc(F)nc3)C2)ccc1Oc1cnccn1. The van der Waals surface area contributed by atoms with Gasteiger partial charge in [0.15, 0.2) is 0 Å². The van der Waals surface area contributed by atoms with Crippen LogP contribution in [0.5, 0.6) is 17.4 Å². The number of anilines is 1. The maximum absolute atomic E-state index is 12.8. The zero-order valence-electron chi connectivity index (χ0n) is 15.7. The van der Waals surface area contributed by atoms with Crippen molar-refractivity contribution in [2.45, 2.75) is 25.9 Å². The molecule has 7 nitrogen and oxygen atoms in total. The van der Waals surface area contributed by atoms with Gasteiger partial charge < -0.3 is 14.8 Å². The van der Waals surface area contributed by atoms with Crippen LogP contribution >= 0.6 is 0 Å². The lowest BCUT2D eigenvalue weighted by molar-refractivity contribution is -0.125. The maximum atomic E-state index is 12.8. The summed E-state index contributed by atoms with van der Waals surface area (Å²) in [6.45, 7) is 1.89. The number of hydrogen-bond acceptors (Lipinski definition) is 6. The van der Waals surface area contributed by atoms with Crippen LogP contribution in [0.4, 0.5) is 10.1 Å². The van der Waals surface area contributed by atoms with Gasteiger partial charge in [0.25, 0.3) is 0 Å². The Labute approximate surface area is 166 Å². The van der Waals surface area contributed by atoms with Gasteiger partial charge >= 0.3 is 0 Å². The van der Waals surface area contributed by atoms with Gasteiger partial charge in [-0.15, -0.1) is 0 Å². The topological polar surface area (TPSA) is 86.2 Å². The molecular formula is C21H19FN4O3. The second-order valence-corrected chi connectivity index (χ2v) is 6.84. The van der Waals surface area contributed by atoms with Crippen LogP contribution in [0.1, 0.15) is 18.4 Å². The van der Waals surface area contributed by atoms with E-state index in [-0.39, 0.29) is 17.9 Å². The summed E-state index contributed by atoms with van der Waals surface area (Å²) in [6, 6.07) is 8.20. The van der Waals surface area contributed by atoms with E-state index in [4.69, 9.17) is 9.47 Å². The second-order valence-electron chi connectivity index (χ2n) is 6.84. The fourth-order valence-corrected chi connectivity index (χ4v) is 3.04. The number of ether oxygens (including phenoxy) is 2. The highest BCUT2D eigenvalue weighted by atomic mass is 19.1. The minimum atomic E-state index is -0.549. The molecule has 29 heavy (non-hydrogen) atoms. The molecule has 0 saturated heterocycles. The van der Waals surface area contributed by atoms with Crippen molar-refractivity contribution in [3.63, 3.8) is 0 Å². The van der Waals surface area contributed by atoms with Crippen molar-refractivity contribution in [2.75, 3.05) is 5.32 Å². The van der Waals surface area contributed by atoms with E-state index in [0.29, 0.717) is 35.9 Å². The van der Waals surface area contributed by atoms with Crippen molar-refractivity contribution in [3.8, 4) is 17.4 Å². The van der Waals surface area contributed by atoms with E-state index in [2.05, 4.69) is 20.3 Å². The molecule has 2 aromatic heterocycles. The van der Waals surface area contributed by atoms with E-state index in [0.717, 1.165) is 5.56 Å². The molecule has 2 heterocycles. The van der Waals surface area contributed by atoms with E-state index >= 15 is 0 Å². The fourth-order valence-electron chi connectivity index (χ4n) is 3.04. The highest BCUT2D eigenvalue weighted by Gasteiger charge is 2.36. The first-order valence-corrected chi connectivity index (χ1v) is 9.20. The van der Waals surface area contributed by atoms with Crippen molar-refractivity contribution >= 4 is 11.6 Å². The normalized spacial score (nSPS) is 17.9. The first-order valence-electron chi connectivity index (χ1n) is 9.20. The van der Waals surface area contributed by atoms with Crippen molar-refractivity contribution in [1.82, 2.24) is 15.0 Å². The third-order valence-electron chi connectivity index (χ3n) is 4.67. The Morgan fingerprint density at radius 1 is 1.14 bits per heavy atom. The minimum absolute atomic E-state index is 0.0518. The smallest absolute Gasteiger partial charge is 0.237 e. The van der Waals surface area contributed by atoms with Gasteiger partial charge in [-0.1, -0.05) is 0 Å². The molecule has 3 aromatic rings. The molecule has 0 atom stereocenters. The van der Waals surface area contributed by atoms with Crippen LogP contribution in [0.2, 0.25) is 0 Å². The Morgan fingerprint density at radius 2 is 2.00 bits per heavy atom. The number of aromatic nitrogens is 3. The largest absolute Gasteiger partial charge is 0.489 e. The van der Waals surface area contributed by atoms with E-state index in [1.165, 1.54) is 24.5 Å². The molecule has 0 unspecified atom stereocenters. The van der Waals surface area contributed by atoms with Crippen molar-refractivity contribution in [1.29, 1.82) is 0 Å². The number of amides is 1. The molecule has 0 spiro atoms. The molecule has 8 heteroatoms. The zero-order chi connectivity index (χ0) is 20.2. The first kappa shape index (κ1) is 18.8. The lowest BCUT2D eigenvalue weighted by atomic mass is 9.81. The van der Waals surface area contributed by atoms with E-state index in [9.17, 15) is 9.18 Å². The third-order valence-corrected chi connectivity index (χ3v) is 4.67. The van der Waals surface area contributed by atoms with Gasteiger partial charge in [0.05, 0.1) is 12.4 Å². The number of carbonyl (C=O) groups excluding carboxylic acids is 1. The Morgan fingerprint density at radius 3 is 2.69 bits per heavy atom. The number of pyridine rings is 1. The number of aryl methyl sites for hydroxylation is 1. The van der Waals surface area contributed by atoms with Gasteiger partial charge in [-0.3, -0.25) is 9.78 Å². The predicted molar refractivity (Wildman–Crippen MR) is 103 cm³/mol. The van der Waals surface area contributed by atoms with Crippen LogP contribution in [0.25, 0.3) is 0 Å². The molecule has 1 aliphatic carbocycles. The average molecular weight is 394 g/mol. The lowest BCUT2D eigenvalue weighted by Crippen LogP contribution is -2.40. The quantitative estimate of drug-likeness (QED) is 0.638. The number of halogens is 1. The van der Waals surface area contributed by atoms with Gasteiger partial charge in [0.2, 0.25) is 17.7 Å². The summed E-state index contributed by atoms with van der Waals surface area (Å²) in [5.41, 5.74) is 1.57. The number of nitrogens with one attached hydrogen (secondary N) is 1. The monoisotopic (exact) mass is 394 g/mol. The van der Waals surface area contributed by atoms with Crippen LogP contribution < -0.4 is 14.8 Å². The molecule has 0 bridgehead atoms. The fraction of sp³-hybridized carbons (Fsp3) is 0.238. The van der Waals surface area contributed by atoms with Crippen LogP contribution in [0.3, 0.4) is 0 Å². The predicted octanol–water partition coefficient (Wildman–Crippen LogP) is 3.91. The average Bonchev–Trinajstić information content (AvgIpc) is 2.68. The molecule has 4 rings (SSSR count). The molecule has 1 fully saturated rings. The van der Waals surface area contributed by atoms with E-state index < -0.39 is 5.95 Å². The number of carbonyl (C=O) groups is 1. The number of rotatable bonds is 6. The Balaban J connectivity index is 1.29. The van der Waals surface area contributed by atoms with Crippen LogP contribution in [0.15, 0.2) is 55.1 Å². The van der Waals surface area contributed by atoms with Gasteiger partial charge in [0, 0.05) is 24.0 Å². The van der Waals surface area contributed by atoms with Crippen LogP contribution in [-0.2, 0) is 4.79 Å². The summed E-state index contributed by atoms with van der Waals surface area (Å²) in [5, 5.41) is 2.93. The first-order chi connectivity index (χ1) is 14.1. The molecule has 1 amide bonds. The molecule has 148 valence electrons. The Bertz CT molecular complexity index is 993. The standard InChI is InChI=1S/C21H19FN4O3/c1-13-8-15(2-4-18(13)29-20-12-23-6-7-24-20)26-21(27)14-9-17(10-14)28-16-3-5-19(22)25-11-16/h2-8,11-12,14,17H,9-10H2,1H3,(H,26,27). The van der Waals surface area contributed by atoms with Crippen LogP contribution in [0, 0.1) is 18.8 Å². The molecular weight excluding hydrogens is 375 g/mol. The second kappa shape index (κ2) is 8.22. The minimum Gasteiger partial charge on any atom is -0.489 e.